The van der Waals surface area contributed by atoms with Crippen LogP contribution in [-0.2, 0) is 12.7 Å². The van der Waals surface area contributed by atoms with Gasteiger partial charge in [-0.05, 0) is 54.4 Å². The van der Waals surface area contributed by atoms with Crippen LogP contribution in [-0.4, -0.2) is 16.9 Å². The molecule has 2 atom stereocenters. The highest BCUT2D eigenvalue weighted by Crippen LogP contribution is 2.41. The molecule has 1 aliphatic rings. The molecule has 2 heterocycles. The van der Waals surface area contributed by atoms with Crippen molar-refractivity contribution in [1.29, 1.82) is 0 Å². The number of hydrogen-bond donors (Lipinski definition) is 2. The molecule has 168 valence electrons. The lowest BCUT2D eigenvalue weighted by Crippen LogP contribution is -2.16. The zero-order chi connectivity index (χ0) is 23.0. The highest BCUT2D eigenvalue weighted by molar-refractivity contribution is 7.18. The summed E-state index contributed by atoms with van der Waals surface area (Å²) in [6.07, 6.45) is -1.64. The van der Waals surface area contributed by atoms with E-state index in [1.807, 2.05) is 18.2 Å². The summed E-state index contributed by atoms with van der Waals surface area (Å²) in [5.74, 6) is -0.164. The maximum Gasteiger partial charge on any atom is 0.416 e. The van der Waals surface area contributed by atoms with E-state index in [1.54, 1.807) is 29.7 Å². The number of benzene rings is 2. The number of aromatic nitrogens is 1. The van der Waals surface area contributed by atoms with Crippen molar-refractivity contribution in [1.82, 2.24) is 10.3 Å². The number of halogens is 3. The van der Waals surface area contributed by atoms with E-state index in [2.05, 4.69) is 27.8 Å². The molecule has 0 saturated heterocycles. The number of amides is 1. The fourth-order valence-corrected chi connectivity index (χ4v) is 4.84. The first kappa shape index (κ1) is 21.6. The normalized spacial score (nSPS) is 17.8. The molecule has 0 radical (unpaired) electrons. The van der Waals surface area contributed by atoms with E-state index in [-0.39, 0.29) is 5.56 Å². The Morgan fingerprint density at radius 3 is 2.64 bits per heavy atom. The Bertz CT molecular complexity index is 1270. The summed E-state index contributed by atoms with van der Waals surface area (Å²) in [7, 11) is 0. The molecular weight excluding hydrogens is 447 g/mol. The number of alkyl halides is 3. The fourth-order valence-electron chi connectivity index (χ4n) is 3.89. The summed E-state index contributed by atoms with van der Waals surface area (Å²) in [5.41, 5.74) is 0.841. The van der Waals surface area contributed by atoms with Crippen molar-refractivity contribution >= 4 is 33.1 Å². The van der Waals surface area contributed by atoms with Gasteiger partial charge in [0.05, 0.1) is 5.56 Å². The molecule has 2 unspecified atom stereocenters. The number of fused-ring (bicyclic) bond motifs is 1. The Balaban J connectivity index is 1.16. The topological polar surface area (TPSA) is 54.0 Å². The number of pyridine rings is 1. The predicted molar refractivity (Wildman–Crippen MR) is 123 cm³/mol. The maximum absolute atomic E-state index is 12.9. The van der Waals surface area contributed by atoms with E-state index in [1.165, 1.54) is 22.6 Å². The van der Waals surface area contributed by atoms with Crippen molar-refractivity contribution in [2.24, 2.45) is 0 Å². The molecule has 2 N–H and O–H groups in total. The molecule has 8 heteroatoms. The van der Waals surface area contributed by atoms with Crippen molar-refractivity contribution in [2.45, 2.75) is 31.1 Å². The number of nitrogens with one attached hydrogen (secondary N) is 2. The third-order valence-corrected chi connectivity index (χ3v) is 6.78. The van der Waals surface area contributed by atoms with Gasteiger partial charge in [-0.1, -0.05) is 24.3 Å². The molecule has 33 heavy (non-hydrogen) atoms. The second kappa shape index (κ2) is 8.61. The van der Waals surface area contributed by atoms with Crippen molar-refractivity contribution in [3.63, 3.8) is 0 Å². The first-order chi connectivity index (χ1) is 15.9. The Kier molecular flexibility index (Phi) is 5.64. The summed E-state index contributed by atoms with van der Waals surface area (Å²) in [6.45, 7) is 0.799. The monoisotopic (exact) mass is 467 g/mol. The molecule has 0 spiro atoms. The number of hydrogen-bond acceptors (Lipinski definition) is 4. The smallest absolute Gasteiger partial charge is 0.322 e. The third kappa shape index (κ3) is 4.91. The van der Waals surface area contributed by atoms with Crippen LogP contribution in [0.25, 0.3) is 10.2 Å². The maximum atomic E-state index is 12.9. The van der Waals surface area contributed by atoms with Gasteiger partial charge < -0.3 is 10.6 Å². The molecule has 4 nitrogen and oxygen atoms in total. The van der Waals surface area contributed by atoms with Crippen LogP contribution < -0.4 is 10.6 Å². The number of thiophene rings is 1. The lowest BCUT2D eigenvalue weighted by molar-refractivity contribution is -0.137. The second-order valence-electron chi connectivity index (χ2n) is 8.09. The highest BCUT2D eigenvalue weighted by atomic mass is 32.1. The second-order valence-corrected chi connectivity index (χ2v) is 9.21. The Morgan fingerprint density at radius 1 is 1.06 bits per heavy atom. The first-order valence-electron chi connectivity index (χ1n) is 10.5. The van der Waals surface area contributed by atoms with E-state index in [0.717, 1.165) is 35.3 Å². The van der Waals surface area contributed by atoms with Crippen LogP contribution in [0.3, 0.4) is 0 Å². The molecule has 1 amide bonds. The molecule has 0 bridgehead atoms. The molecular formula is C25H20F3N3OS. The van der Waals surface area contributed by atoms with Crippen LogP contribution in [0.1, 0.15) is 38.7 Å². The van der Waals surface area contributed by atoms with Gasteiger partial charge in [-0.2, -0.15) is 13.2 Å². The summed E-state index contributed by atoms with van der Waals surface area (Å²) in [4.78, 5) is 19.0. The summed E-state index contributed by atoms with van der Waals surface area (Å²) < 4.78 is 38.6. The lowest BCUT2D eigenvalue weighted by Gasteiger charge is -2.10. The van der Waals surface area contributed by atoms with Crippen molar-refractivity contribution in [3.8, 4) is 0 Å². The van der Waals surface area contributed by atoms with Crippen LogP contribution in [0.15, 0.2) is 72.9 Å². The van der Waals surface area contributed by atoms with Crippen LogP contribution in [0, 0.1) is 0 Å². The van der Waals surface area contributed by atoms with Gasteiger partial charge >= 0.3 is 6.18 Å². The Labute approximate surface area is 192 Å². The van der Waals surface area contributed by atoms with Gasteiger partial charge in [0, 0.05) is 46.2 Å². The molecule has 1 saturated carbocycles. The molecule has 4 aromatic rings. The number of carbonyl (C=O) groups excluding carboxylic acids is 1. The minimum atomic E-state index is -4.49. The number of carbonyl (C=O) groups is 1. The molecule has 5 rings (SSSR count). The van der Waals surface area contributed by atoms with Gasteiger partial charge in [0.1, 0.15) is 4.83 Å². The minimum Gasteiger partial charge on any atom is -0.322 e. The van der Waals surface area contributed by atoms with Gasteiger partial charge in [-0.3, -0.25) is 4.79 Å². The van der Waals surface area contributed by atoms with E-state index < -0.39 is 17.6 Å². The molecule has 2 aromatic carbocycles. The average molecular weight is 468 g/mol. The highest BCUT2D eigenvalue weighted by Gasteiger charge is 2.37. The molecule has 2 aromatic heterocycles. The van der Waals surface area contributed by atoms with E-state index in [9.17, 15) is 18.0 Å². The van der Waals surface area contributed by atoms with Crippen LogP contribution >= 0.6 is 11.3 Å². The lowest BCUT2D eigenvalue weighted by atomic mass is 10.1. The summed E-state index contributed by atoms with van der Waals surface area (Å²) >= 11 is 1.70. The zero-order valence-corrected chi connectivity index (χ0v) is 18.2. The SMILES string of the molecule is O=C(Nc1ccc(C2CC2NCc2cc3cccnc3s2)cc1)c1cccc(C(F)(F)F)c1. The van der Waals surface area contributed by atoms with Gasteiger partial charge in [-0.15, -0.1) is 11.3 Å². The number of rotatable bonds is 6. The Morgan fingerprint density at radius 2 is 1.88 bits per heavy atom. The van der Waals surface area contributed by atoms with Crippen LogP contribution in [0.4, 0.5) is 18.9 Å². The number of nitrogens with zero attached hydrogens (tertiary/aromatic N) is 1. The summed E-state index contributed by atoms with van der Waals surface area (Å²) in [6, 6.07) is 18.5. The van der Waals surface area contributed by atoms with Crippen molar-refractivity contribution in [2.75, 3.05) is 5.32 Å². The van der Waals surface area contributed by atoms with Gasteiger partial charge in [0.15, 0.2) is 0 Å². The minimum absolute atomic E-state index is 0.0307. The predicted octanol–water partition coefficient (Wildman–Crippen LogP) is 6.21. The van der Waals surface area contributed by atoms with Crippen molar-refractivity contribution < 1.29 is 18.0 Å². The largest absolute Gasteiger partial charge is 0.416 e. The quantitative estimate of drug-likeness (QED) is 0.354. The average Bonchev–Trinajstić information content (AvgIpc) is 3.46. The first-order valence-corrected chi connectivity index (χ1v) is 11.3. The Hall–Kier alpha value is -3.23. The number of anilines is 1. The fraction of sp³-hybridized carbons (Fsp3) is 0.200. The molecule has 1 aliphatic carbocycles. The zero-order valence-electron chi connectivity index (χ0n) is 17.4. The molecule has 0 aliphatic heterocycles. The van der Waals surface area contributed by atoms with Crippen LogP contribution in [0.2, 0.25) is 0 Å². The third-order valence-electron chi connectivity index (χ3n) is 5.72. The van der Waals surface area contributed by atoms with Crippen molar-refractivity contribution in [3.05, 3.63) is 94.5 Å². The van der Waals surface area contributed by atoms with Gasteiger partial charge in [-0.25, -0.2) is 4.98 Å². The molecule has 1 fully saturated rings. The van der Waals surface area contributed by atoms with E-state index in [0.29, 0.717) is 17.6 Å². The summed E-state index contributed by atoms with van der Waals surface area (Å²) in [5, 5.41) is 7.42. The van der Waals surface area contributed by atoms with E-state index in [4.69, 9.17) is 0 Å². The standard InChI is InChI=1S/C25H20F3N3OS/c26-25(27,28)18-5-1-3-16(11-18)23(32)31-19-8-6-15(7-9-19)21-13-22(21)30-14-20-12-17-4-2-10-29-24(17)33-20/h1-12,21-22,30H,13-14H2,(H,31,32). The van der Waals surface area contributed by atoms with Crippen LogP contribution in [0.5, 0.6) is 0 Å². The van der Waals surface area contributed by atoms with Gasteiger partial charge in [0.25, 0.3) is 5.91 Å². The van der Waals surface area contributed by atoms with E-state index >= 15 is 0 Å². The van der Waals surface area contributed by atoms with Gasteiger partial charge in [0.2, 0.25) is 0 Å².